The number of aromatic nitrogens is 2. The largest absolute Gasteiger partial charge is 0.487 e. The van der Waals surface area contributed by atoms with Crippen molar-refractivity contribution in [3.63, 3.8) is 0 Å². The topological polar surface area (TPSA) is 53.3 Å². The SMILES string of the molecule is CCOC(=O)c1cnn(C)c1COc1ccc(F)c(Br)c1. The van der Waals surface area contributed by atoms with Crippen LogP contribution in [-0.4, -0.2) is 22.4 Å². The third-order valence-corrected chi connectivity index (χ3v) is 3.43. The van der Waals surface area contributed by atoms with E-state index in [1.165, 1.54) is 24.4 Å². The van der Waals surface area contributed by atoms with Gasteiger partial charge in [-0.3, -0.25) is 4.68 Å². The van der Waals surface area contributed by atoms with Crippen molar-refractivity contribution in [1.82, 2.24) is 9.78 Å². The standard InChI is InChI=1S/C14H14BrFN2O3/c1-3-20-14(19)10-7-17-18(2)13(10)8-21-9-4-5-12(16)11(15)6-9/h4-7H,3,8H2,1-2H3. The van der Waals surface area contributed by atoms with E-state index in [2.05, 4.69) is 21.0 Å². The van der Waals surface area contributed by atoms with E-state index in [9.17, 15) is 9.18 Å². The van der Waals surface area contributed by atoms with Crippen LogP contribution in [0.2, 0.25) is 0 Å². The molecule has 1 aromatic heterocycles. The first-order chi connectivity index (χ1) is 10.0. The van der Waals surface area contributed by atoms with E-state index >= 15 is 0 Å². The van der Waals surface area contributed by atoms with Gasteiger partial charge >= 0.3 is 5.97 Å². The second kappa shape index (κ2) is 6.71. The Kier molecular flexibility index (Phi) is 4.95. The van der Waals surface area contributed by atoms with Crippen LogP contribution in [0.5, 0.6) is 5.75 Å². The summed E-state index contributed by atoms with van der Waals surface area (Å²) in [5, 5.41) is 4.03. The molecule has 2 rings (SSSR count). The molecule has 2 aromatic rings. The van der Waals surface area contributed by atoms with E-state index < -0.39 is 5.97 Å². The van der Waals surface area contributed by atoms with Crippen molar-refractivity contribution in [2.75, 3.05) is 6.61 Å². The molecule has 0 N–H and O–H groups in total. The van der Waals surface area contributed by atoms with Crippen molar-refractivity contribution >= 4 is 21.9 Å². The summed E-state index contributed by atoms with van der Waals surface area (Å²) >= 11 is 3.09. The zero-order chi connectivity index (χ0) is 15.4. The van der Waals surface area contributed by atoms with Gasteiger partial charge in [0.15, 0.2) is 0 Å². The maximum atomic E-state index is 13.2. The number of hydrogen-bond acceptors (Lipinski definition) is 4. The van der Waals surface area contributed by atoms with E-state index in [-0.39, 0.29) is 12.4 Å². The zero-order valence-electron chi connectivity index (χ0n) is 11.6. The molecule has 7 heteroatoms. The molecular weight excluding hydrogens is 343 g/mol. The van der Waals surface area contributed by atoms with Gasteiger partial charge < -0.3 is 9.47 Å². The number of rotatable bonds is 5. The van der Waals surface area contributed by atoms with E-state index in [4.69, 9.17) is 9.47 Å². The minimum atomic E-state index is -0.440. The fourth-order valence-electron chi connectivity index (χ4n) is 1.73. The molecule has 0 amide bonds. The molecule has 0 radical (unpaired) electrons. The molecule has 0 fully saturated rings. The Bertz CT molecular complexity index is 658. The number of carbonyl (C=O) groups excluding carboxylic acids is 1. The molecule has 0 unspecified atom stereocenters. The summed E-state index contributed by atoms with van der Waals surface area (Å²) in [6.07, 6.45) is 1.44. The first-order valence-electron chi connectivity index (χ1n) is 6.28. The van der Waals surface area contributed by atoms with Crippen LogP contribution in [0.25, 0.3) is 0 Å². The summed E-state index contributed by atoms with van der Waals surface area (Å²) in [7, 11) is 1.71. The molecule has 5 nitrogen and oxygen atoms in total. The third kappa shape index (κ3) is 3.60. The number of halogens is 2. The van der Waals surface area contributed by atoms with Gasteiger partial charge in [0, 0.05) is 7.05 Å². The maximum absolute atomic E-state index is 13.2. The second-order valence-corrected chi connectivity index (χ2v) is 5.07. The predicted octanol–water partition coefficient (Wildman–Crippen LogP) is 3.08. The average molecular weight is 357 g/mol. The van der Waals surface area contributed by atoms with Gasteiger partial charge in [-0.1, -0.05) is 0 Å². The highest BCUT2D eigenvalue weighted by molar-refractivity contribution is 9.10. The van der Waals surface area contributed by atoms with Gasteiger partial charge in [0.25, 0.3) is 0 Å². The predicted molar refractivity (Wildman–Crippen MR) is 77.6 cm³/mol. The van der Waals surface area contributed by atoms with Crippen LogP contribution in [0.4, 0.5) is 4.39 Å². The summed E-state index contributed by atoms with van der Waals surface area (Å²) in [5.74, 6) is -0.320. The summed E-state index contributed by atoms with van der Waals surface area (Å²) in [4.78, 5) is 11.8. The van der Waals surface area contributed by atoms with Crippen LogP contribution in [0.3, 0.4) is 0 Å². The number of benzene rings is 1. The molecule has 112 valence electrons. The minimum Gasteiger partial charge on any atom is -0.487 e. The highest BCUT2D eigenvalue weighted by Crippen LogP contribution is 2.23. The average Bonchev–Trinajstić information content (AvgIpc) is 2.82. The Morgan fingerprint density at radius 3 is 2.90 bits per heavy atom. The Morgan fingerprint density at radius 2 is 2.24 bits per heavy atom. The normalized spacial score (nSPS) is 10.5. The Balaban J connectivity index is 2.14. The number of aryl methyl sites for hydroxylation is 1. The first kappa shape index (κ1) is 15.5. The second-order valence-electron chi connectivity index (χ2n) is 4.21. The zero-order valence-corrected chi connectivity index (χ0v) is 13.2. The Hall–Kier alpha value is -1.89. The summed E-state index contributed by atoms with van der Waals surface area (Å²) < 4.78 is 25.5. The lowest BCUT2D eigenvalue weighted by Gasteiger charge is -2.09. The fraction of sp³-hybridized carbons (Fsp3) is 0.286. The van der Waals surface area contributed by atoms with Crippen molar-refractivity contribution in [2.45, 2.75) is 13.5 Å². The van der Waals surface area contributed by atoms with Crippen LogP contribution in [0, 0.1) is 5.82 Å². The van der Waals surface area contributed by atoms with Gasteiger partial charge in [-0.2, -0.15) is 5.10 Å². The molecule has 0 aliphatic heterocycles. The summed E-state index contributed by atoms with van der Waals surface area (Å²) in [5.41, 5.74) is 0.953. The number of hydrogen-bond donors (Lipinski definition) is 0. The highest BCUT2D eigenvalue weighted by atomic mass is 79.9. The van der Waals surface area contributed by atoms with Crippen molar-refractivity contribution in [3.8, 4) is 5.75 Å². The minimum absolute atomic E-state index is 0.128. The lowest BCUT2D eigenvalue weighted by atomic mass is 10.2. The van der Waals surface area contributed by atoms with Gasteiger partial charge in [0.05, 0.1) is 23.0 Å². The number of esters is 1. The van der Waals surface area contributed by atoms with Crippen LogP contribution in [0.15, 0.2) is 28.9 Å². The summed E-state index contributed by atoms with van der Waals surface area (Å²) in [6.45, 7) is 2.15. The van der Waals surface area contributed by atoms with Gasteiger partial charge in [-0.15, -0.1) is 0 Å². The molecule has 0 atom stereocenters. The number of ether oxygens (including phenoxy) is 2. The van der Waals surface area contributed by atoms with Gasteiger partial charge in [-0.25, -0.2) is 9.18 Å². The van der Waals surface area contributed by atoms with E-state index in [1.807, 2.05) is 0 Å². The molecule has 0 spiro atoms. The van der Waals surface area contributed by atoms with Crippen LogP contribution < -0.4 is 4.74 Å². The monoisotopic (exact) mass is 356 g/mol. The molecule has 0 saturated carbocycles. The van der Waals surface area contributed by atoms with Crippen molar-refractivity contribution in [2.24, 2.45) is 7.05 Å². The van der Waals surface area contributed by atoms with Crippen molar-refractivity contribution < 1.29 is 18.7 Å². The molecule has 0 aliphatic rings. The Morgan fingerprint density at radius 1 is 1.48 bits per heavy atom. The lowest BCUT2D eigenvalue weighted by Crippen LogP contribution is -2.11. The molecule has 1 heterocycles. The van der Waals surface area contributed by atoms with E-state index in [1.54, 1.807) is 18.7 Å². The molecule has 0 bridgehead atoms. The quantitative estimate of drug-likeness (QED) is 0.772. The van der Waals surface area contributed by atoms with Crippen molar-refractivity contribution in [3.05, 3.63) is 45.9 Å². The smallest absolute Gasteiger partial charge is 0.341 e. The summed E-state index contributed by atoms with van der Waals surface area (Å²) in [6, 6.07) is 4.34. The van der Waals surface area contributed by atoms with Crippen LogP contribution in [-0.2, 0) is 18.4 Å². The van der Waals surface area contributed by atoms with E-state index in [0.717, 1.165) is 0 Å². The molecule has 21 heavy (non-hydrogen) atoms. The molecule has 0 aliphatic carbocycles. The maximum Gasteiger partial charge on any atom is 0.341 e. The Labute approximate surface area is 129 Å². The number of nitrogens with zero attached hydrogens (tertiary/aromatic N) is 2. The molecular formula is C14H14BrFN2O3. The first-order valence-corrected chi connectivity index (χ1v) is 7.08. The third-order valence-electron chi connectivity index (χ3n) is 2.82. The van der Waals surface area contributed by atoms with E-state index in [0.29, 0.717) is 28.1 Å². The molecule has 0 saturated heterocycles. The van der Waals surface area contributed by atoms with Crippen LogP contribution >= 0.6 is 15.9 Å². The lowest BCUT2D eigenvalue weighted by molar-refractivity contribution is 0.0523. The fourth-order valence-corrected chi connectivity index (χ4v) is 2.09. The van der Waals surface area contributed by atoms with Gasteiger partial charge in [-0.05, 0) is 41.1 Å². The molecule has 1 aromatic carbocycles. The van der Waals surface area contributed by atoms with Crippen molar-refractivity contribution in [1.29, 1.82) is 0 Å². The highest BCUT2D eigenvalue weighted by Gasteiger charge is 2.17. The van der Waals surface area contributed by atoms with Gasteiger partial charge in [0.1, 0.15) is 23.7 Å². The van der Waals surface area contributed by atoms with Gasteiger partial charge in [0.2, 0.25) is 0 Å². The van der Waals surface area contributed by atoms with Crippen LogP contribution in [0.1, 0.15) is 23.0 Å². The number of carbonyl (C=O) groups is 1.